The largest absolute Gasteiger partial charge is 0.270 e. The molecule has 0 unspecified atom stereocenters. The Kier molecular flexibility index (Phi) is 9.76. The smallest absolute Gasteiger partial charge is 0.258 e. The van der Waals surface area contributed by atoms with Gasteiger partial charge in [0.2, 0.25) is 10.0 Å². The molecule has 0 aliphatic carbocycles. The minimum absolute atomic E-state index is 0.0359. The van der Waals surface area contributed by atoms with Gasteiger partial charge >= 0.3 is 0 Å². The van der Waals surface area contributed by atoms with Gasteiger partial charge in [0.15, 0.2) is 0 Å². The van der Waals surface area contributed by atoms with Crippen LogP contribution in [-0.2, 0) is 10.0 Å². The molecule has 0 saturated heterocycles. The maximum absolute atomic E-state index is 11.8. The molecule has 1 N–H and O–H groups in total. The Hall–Kier alpha value is -1.96. The van der Waals surface area contributed by atoms with Gasteiger partial charge in [-0.3, -0.25) is 10.1 Å². The molecule has 0 heterocycles. The highest BCUT2D eigenvalue weighted by Crippen LogP contribution is 2.11. The lowest BCUT2D eigenvalue weighted by atomic mass is 10.1. The van der Waals surface area contributed by atoms with Crippen LogP contribution in [-0.4, -0.2) is 25.3 Å². The second-order valence-corrected chi connectivity index (χ2v) is 7.82. The van der Waals surface area contributed by atoms with E-state index in [0.29, 0.717) is 12.0 Å². The third-order valence-electron chi connectivity index (χ3n) is 3.75. The van der Waals surface area contributed by atoms with Crippen LogP contribution in [0, 0.1) is 10.1 Å². The van der Waals surface area contributed by atoms with Crippen LogP contribution in [0.4, 0.5) is 5.69 Å². The summed E-state index contributed by atoms with van der Waals surface area (Å²) < 4.78 is 23.7. The van der Waals surface area contributed by atoms with E-state index < -0.39 is 14.9 Å². The first-order chi connectivity index (χ1) is 11.9. The molecule has 7 nitrogen and oxygen atoms in total. The Morgan fingerprint density at radius 2 is 1.76 bits per heavy atom. The number of nitrogens with zero attached hydrogens (tertiary/aromatic N) is 2. The number of non-ortho nitro benzene ring substituents is 1. The normalized spacial score (nSPS) is 11.7. The monoisotopic (exact) mass is 369 g/mol. The van der Waals surface area contributed by atoms with E-state index >= 15 is 0 Å². The number of unbranched alkanes of at least 4 members (excludes halogenated alkanes) is 7. The first-order valence-electron chi connectivity index (χ1n) is 8.71. The molecule has 0 saturated carbocycles. The van der Waals surface area contributed by atoms with E-state index in [9.17, 15) is 18.5 Å². The highest BCUT2D eigenvalue weighted by molar-refractivity contribution is 7.89. The van der Waals surface area contributed by atoms with Gasteiger partial charge in [-0.05, 0) is 6.42 Å². The summed E-state index contributed by atoms with van der Waals surface area (Å²) >= 11 is 0. The van der Waals surface area contributed by atoms with Crippen molar-refractivity contribution in [3.8, 4) is 0 Å². The molecule has 0 aliphatic heterocycles. The van der Waals surface area contributed by atoms with Gasteiger partial charge in [-0.15, -0.1) is 0 Å². The number of benzene rings is 1. The van der Waals surface area contributed by atoms with Crippen molar-refractivity contribution in [2.75, 3.05) is 5.75 Å². The van der Waals surface area contributed by atoms with Crippen molar-refractivity contribution in [2.45, 2.75) is 58.3 Å². The molecule has 1 aromatic carbocycles. The zero-order chi connectivity index (χ0) is 18.5. The van der Waals surface area contributed by atoms with E-state index in [1.807, 2.05) is 0 Å². The van der Waals surface area contributed by atoms with E-state index in [1.165, 1.54) is 50.1 Å². The molecule has 0 radical (unpaired) electrons. The number of nitro benzene ring substituents is 1. The highest BCUT2D eigenvalue weighted by atomic mass is 32.2. The molecule has 25 heavy (non-hydrogen) atoms. The van der Waals surface area contributed by atoms with Gasteiger partial charge in [-0.25, -0.2) is 13.2 Å². The maximum atomic E-state index is 11.8. The Balaban J connectivity index is 2.28. The fraction of sp³-hybridized carbons (Fsp3) is 0.588. The first kappa shape index (κ1) is 21.1. The van der Waals surface area contributed by atoms with Crippen molar-refractivity contribution in [3.05, 3.63) is 39.9 Å². The molecule has 0 bridgehead atoms. The molecular formula is C17H27N3O4S. The maximum Gasteiger partial charge on any atom is 0.270 e. The molecular weight excluding hydrogens is 342 g/mol. The molecule has 0 aromatic heterocycles. The zero-order valence-corrected chi connectivity index (χ0v) is 15.5. The van der Waals surface area contributed by atoms with Gasteiger partial charge in [0.1, 0.15) is 0 Å². The summed E-state index contributed by atoms with van der Waals surface area (Å²) in [6.45, 7) is 2.18. The van der Waals surface area contributed by atoms with E-state index in [4.69, 9.17) is 0 Å². The molecule has 0 fully saturated rings. The number of hydrogen-bond donors (Lipinski definition) is 1. The van der Waals surface area contributed by atoms with Crippen LogP contribution in [0.1, 0.15) is 63.9 Å². The van der Waals surface area contributed by atoms with Crippen molar-refractivity contribution < 1.29 is 13.3 Å². The number of rotatable bonds is 13. The summed E-state index contributed by atoms with van der Waals surface area (Å²) in [5.74, 6) is 0.0359. The van der Waals surface area contributed by atoms with Crippen LogP contribution in [0.2, 0.25) is 0 Å². The summed E-state index contributed by atoms with van der Waals surface area (Å²) in [5, 5.41) is 14.4. The van der Waals surface area contributed by atoms with Gasteiger partial charge in [0.05, 0.1) is 16.9 Å². The van der Waals surface area contributed by atoms with E-state index in [0.717, 1.165) is 19.3 Å². The predicted molar refractivity (Wildman–Crippen MR) is 100 cm³/mol. The summed E-state index contributed by atoms with van der Waals surface area (Å²) in [4.78, 5) is 12.3. The average molecular weight is 369 g/mol. The van der Waals surface area contributed by atoms with Gasteiger partial charge in [-0.2, -0.15) is 5.10 Å². The Morgan fingerprint density at radius 3 is 2.40 bits per heavy atom. The summed E-state index contributed by atoms with van der Waals surface area (Å²) in [7, 11) is -3.46. The zero-order valence-electron chi connectivity index (χ0n) is 14.7. The molecule has 0 spiro atoms. The lowest BCUT2D eigenvalue weighted by Crippen LogP contribution is -2.21. The van der Waals surface area contributed by atoms with Gasteiger partial charge < -0.3 is 0 Å². The van der Waals surface area contributed by atoms with Gasteiger partial charge in [0, 0.05) is 17.7 Å². The lowest BCUT2D eigenvalue weighted by molar-refractivity contribution is -0.384. The molecule has 0 atom stereocenters. The summed E-state index contributed by atoms with van der Waals surface area (Å²) in [5.41, 5.74) is 0.398. The number of hydrogen-bond acceptors (Lipinski definition) is 5. The minimum Gasteiger partial charge on any atom is -0.258 e. The van der Waals surface area contributed by atoms with Crippen LogP contribution < -0.4 is 4.83 Å². The van der Waals surface area contributed by atoms with Crippen molar-refractivity contribution >= 4 is 21.9 Å². The third-order valence-corrected chi connectivity index (χ3v) is 4.96. The second-order valence-electron chi connectivity index (χ2n) is 6.00. The summed E-state index contributed by atoms with van der Waals surface area (Å²) in [6, 6.07) is 5.83. The van der Waals surface area contributed by atoms with E-state index in [2.05, 4.69) is 16.9 Å². The molecule has 1 rings (SSSR count). The fourth-order valence-electron chi connectivity index (χ4n) is 2.37. The van der Waals surface area contributed by atoms with Gasteiger partial charge in [-0.1, -0.05) is 64.0 Å². The Morgan fingerprint density at radius 1 is 1.12 bits per heavy atom. The van der Waals surface area contributed by atoms with Crippen molar-refractivity contribution in [1.29, 1.82) is 0 Å². The topological polar surface area (TPSA) is 102 Å². The quantitative estimate of drug-likeness (QED) is 0.246. The average Bonchev–Trinajstić information content (AvgIpc) is 2.57. The minimum atomic E-state index is -3.46. The molecule has 0 amide bonds. The van der Waals surface area contributed by atoms with Crippen LogP contribution in [0.25, 0.3) is 0 Å². The highest BCUT2D eigenvalue weighted by Gasteiger charge is 2.08. The van der Waals surface area contributed by atoms with Crippen molar-refractivity contribution in [2.24, 2.45) is 5.10 Å². The van der Waals surface area contributed by atoms with Gasteiger partial charge in [0.25, 0.3) is 5.69 Å². The van der Waals surface area contributed by atoms with E-state index in [1.54, 1.807) is 6.07 Å². The lowest BCUT2D eigenvalue weighted by Gasteiger charge is -2.04. The van der Waals surface area contributed by atoms with E-state index in [-0.39, 0.29) is 11.4 Å². The molecule has 140 valence electrons. The molecule has 0 aliphatic rings. The Labute approximate surface area is 149 Å². The molecule has 8 heteroatoms. The number of hydrazone groups is 1. The van der Waals surface area contributed by atoms with Crippen LogP contribution in [0.5, 0.6) is 0 Å². The SMILES string of the molecule is CCCCCCCCCCS(=O)(=O)N/N=C/c1cccc([N+](=O)[O-])c1. The van der Waals surface area contributed by atoms with Crippen LogP contribution >= 0.6 is 0 Å². The molecule has 1 aromatic rings. The Bertz CT molecular complexity index is 660. The number of nitro groups is 1. The van der Waals surface area contributed by atoms with Crippen LogP contribution in [0.3, 0.4) is 0 Å². The predicted octanol–water partition coefficient (Wildman–Crippen LogP) is 3.99. The number of sulfonamides is 1. The second kappa shape index (κ2) is 11.6. The van der Waals surface area contributed by atoms with Crippen molar-refractivity contribution in [1.82, 2.24) is 4.83 Å². The first-order valence-corrected chi connectivity index (χ1v) is 10.4. The number of nitrogens with one attached hydrogen (secondary N) is 1. The van der Waals surface area contributed by atoms with Crippen LogP contribution in [0.15, 0.2) is 29.4 Å². The summed E-state index contributed by atoms with van der Waals surface area (Å²) in [6.07, 6.45) is 9.92. The fourth-order valence-corrected chi connectivity index (χ4v) is 3.26. The third kappa shape index (κ3) is 9.81. The standard InChI is InChI=1S/C17H27N3O4S/c1-2-3-4-5-6-7-8-9-13-25(23,24)19-18-15-16-11-10-12-17(14-16)20(21)22/h10-12,14-15,19H,2-9,13H2,1H3/b18-15+. The van der Waals surface area contributed by atoms with Crippen molar-refractivity contribution in [3.63, 3.8) is 0 Å².